The maximum atomic E-state index is 15.8. The summed E-state index contributed by atoms with van der Waals surface area (Å²) in [5, 5.41) is 0. The Balaban J connectivity index is 1.31. The highest BCUT2D eigenvalue weighted by molar-refractivity contribution is 5.98. The number of carbonyl (C=O) groups excluding carboxylic acids is 1. The van der Waals surface area contributed by atoms with Crippen LogP contribution >= 0.6 is 0 Å². The molecule has 4 aromatic rings. The van der Waals surface area contributed by atoms with E-state index in [2.05, 4.69) is 19.9 Å². The number of nitrogens with zero attached hydrogens (tertiary/aromatic N) is 5. The molecule has 4 heterocycles. The van der Waals surface area contributed by atoms with Gasteiger partial charge in [-0.05, 0) is 42.0 Å². The number of anilines is 1. The molecule has 2 aromatic carbocycles. The molecule has 2 aromatic heterocycles. The highest BCUT2D eigenvalue weighted by atomic mass is 19.4. The van der Waals surface area contributed by atoms with Crippen molar-refractivity contribution in [2.24, 2.45) is 4.99 Å². The zero-order valence-corrected chi connectivity index (χ0v) is 22.7. The number of alkyl halides is 3. The number of pyridine rings is 1. The molecule has 1 fully saturated rings. The van der Waals surface area contributed by atoms with E-state index in [9.17, 15) is 18.0 Å². The maximum absolute atomic E-state index is 15.8. The van der Waals surface area contributed by atoms with Gasteiger partial charge in [-0.1, -0.05) is 6.07 Å². The first-order chi connectivity index (χ1) is 20.7. The minimum Gasteiger partial charge on any atom is -0.378 e. The maximum Gasteiger partial charge on any atom is 0.416 e. The summed E-state index contributed by atoms with van der Waals surface area (Å²) in [7, 11) is 0. The third-order valence-electron chi connectivity index (χ3n) is 7.45. The molecule has 0 atom stereocenters. The van der Waals surface area contributed by atoms with Crippen molar-refractivity contribution in [1.29, 1.82) is 0 Å². The molecule has 7 nitrogen and oxygen atoms in total. The largest absolute Gasteiger partial charge is 0.416 e. The van der Waals surface area contributed by atoms with Crippen LogP contribution in [-0.2, 0) is 30.2 Å². The first-order valence-electron chi connectivity index (χ1n) is 13.5. The van der Waals surface area contributed by atoms with Crippen LogP contribution in [0.2, 0.25) is 0 Å². The van der Waals surface area contributed by atoms with Crippen molar-refractivity contribution in [2.45, 2.75) is 25.4 Å². The second kappa shape index (κ2) is 11.6. The number of halogens is 5. The molecule has 0 aliphatic carbocycles. The fourth-order valence-electron chi connectivity index (χ4n) is 5.24. The Kier molecular flexibility index (Phi) is 7.70. The Labute approximate surface area is 243 Å². The number of aromatic nitrogens is 3. The molecule has 2 aliphatic heterocycles. The second-order valence-corrected chi connectivity index (χ2v) is 10.2. The van der Waals surface area contributed by atoms with Gasteiger partial charge < -0.3 is 9.64 Å². The molecular formula is C31H24F5N5O2. The zero-order valence-electron chi connectivity index (χ0n) is 22.7. The normalized spacial score (nSPS) is 14.7. The summed E-state index contributed by atoms with van der Waals surface area (Å²) in [6, 6.07) is 8.69. The van der Waals surface area contributed by atoms with Crippen LogP contribution in [0.1, 0.15) is 38.4 Å². The summed E-state index contributed by atoms with van der Waals surface area (Å²) in [5.41, 5.74) is 1.20. The van der Waals surface area contributed by atoms with Crippen LogP contribution in [0.4, 0.5) is 33.3 Å². The van der Waals surface area contributed by atoms with E-state index in [-0.39, 0.29) is 28.8 Å². The van der Waals surface area contributed by atoms with Crippen LogP contribution in [0, 0.1) is 11.6 Å². The Morgan fingerprint density at radius 3 is 2.60 bits per heavy atom. The molecule has 6 rings (SSSR count). The number of aliphatic imine (C=N–C) groups is 1. The lowest BCUT2D eigenvalue weighted by Gasteiger charge is -2.29. The lowest BCUT2D eigenvalue weighted by Crippen LogP contribution is -2.36. The van der Waals surface area contributed by atoms with Crippen LogP contribution in [0.5, 0.6) is 0 Å². The third-order valence-corrected chi connectivity index (χ3v) is 7.45. The number of Topliss-reactive ketones (excluding diaryl/α,β-unsaturated/α-hetero) is 1. The monoisotopic (exact) mass is 593 g/mol. The first kappa shape index (κ1) is 28.5. The van der Waals surface area contributed by atoms with E-state index in [1.165, 1.54) is 18.6 Å². The number of morpholine rings is 1. The van der Waals surface area contributed by atoms with Gasteiger partial charge >= 0.3 is 6.18 Å². The second-order valence-electron chi connectivity index (χ2n) is 10.2. The van der Waals surface area contributed by atoms with Gasteiger partial charge in [0, 0.05) is 67.1 Å². The summed E-state index contributed by atoms with van der Waals surface area (Å²) in [6.07, 6.45) is -0.388. The smallest absolute Gasteiger partial charge is 0.378 e. The van der Waals surface area contributed by atoms with Gasteiger partial charge in [0.1, 0.15) is 29.3 Å². The summed E-state index contributed by atoms with van der Waals surface area (Å²) < 4.78 is 77.3. The molecule has 0 saturated carbocycles. The van der Waals surface area contributed by atoms with Crippen molar-refractivity contribution in [1.82, 2.24) is 15.0 Å². The molecule has 0 N–H and O–H groups in total. The average molecular weight is 594 g/mol. The van der Waals surface area contributed by atoms with Gasteiger partial charge in [-0.2, -0.15) is 13.2 Å². The summed E-state index contributed by atoms with van der Waals surface area (Å²) >= 11 is 0. The molecule has 2 aliphatic rings. The van der Waals surface area contributed by atoms with E-state index in [1.807, 2.05) is 0 Å². The number of carbonyl (C=O) groups is 1. The van der Waals surface area contributed by atoms with E-state index >= 15 is 8.78 Å². The quantitative estimate of drug-likeness (QED) is 0.195. The van der Waals surface area contributed by atoms with Gasteiger partial charge in [-0.15, -0.1) is 0 Å². The van der Waals surface area contributed by atoms with Crippen molar-refractivity contribution in [2.75, 3.05) is 31.2 Å². The molecule has 0 bridgehead atoms. The summed E-state index contributed by atoms with van der Waals surface area (Å²) in [5.74, 6) is -2.54. The average Bonchev–Trinajstić information content (AvgIpc) is 3.50. The lowest BCUT2D eigenvalue weighted by molar-refractivity contribution is -0.137. The summed E-state index contributed by atoms with van der Waals surface area (Å²) in [4.78, 5) is 32.2. The number of benzene rings is 2. The van der Waals surface area contributed by atoms with Crippen molar-refractivity contribution in [3.05, 3.63) is 100 Å². The number of ketones is 1. The van der Waals surface area contributed by atoms with Crippen molar-refractivity contribution >= 4 is 23.4 Å². The zero-order chi connectivity index (χ0) is 30.1. The number of rotatable bonds is 7. The topological polar surface area (TPSA) is 80.6 Å². The SMILES string of the molecule is O=C(Cc1ccc(F)c(Cc2ncccc2-c2ncnc3c2N=CC3)c1F)c1cc(N2CCOCC2)cc(C(F)(F)F)c1. The van der Waals surface area contributed by atoms with Crippen LogP contribution in [0.3, 0.4) is 0 Å². The Morgan fingerprint density at radius 2 is 1.81 bits per heavy atom. The highest BCUT2D eigenvalue weighted by Gasteiger charge is 2.33. The molecule has 0 unspecified atom stereocenters. The van der Waals surface area contributed by atoms with Crippen molar-refractivity contribution in [3.8, 4) is 11.3 Å². The predicted octanol–water partition coefficient (Wildman–Crippen LogP) is 5.95. The lowest BCUT2D eigenvalue weighted by atomic mass is 9.95. The fourth-order valence-corrected chi connectivity index (χ4v) is 5.24. The molecule has 0 amide bonds. The molecule has 43 heavy (non-hydrogen) atoms. The van der Waals surface area contributed by atoms with Gasteiger partial charge in [0.05, 0.1) is 30.2 Å². The van der Waals surface area contributed by atoms with Crippen molar-refractivity contribution in [3.63, 3.8) is 0 Å². The van der Waals surface area contributed by atoms with Crippen LogP contribution in [-0.4, -0.2) is 53.3 Å². The number of ether oxygens (including phenoxy) is 1. The summed E-state index contributed by atoms with van der Waals surface area (Å²) in [6.45, 7) is 1.41. The van der Waals surface area contributed by atoms with Gasteiger partial charge in [-0.25, -0.2) is 18.7 Å². The Hall–Kier alpha value is -4.58. The van der Waals surface area contributed by atoms with Crippen LogP contribution in [0.15, 0.2) is 60.0 Å². The molecule has 0 radical (unpaired) electrons. The van der Waals surface area contributed by atoms with Crippen LogP contribution < -0.4 is 4.90 Å². The van der Waals surface area contributed by atoms with E-state index in [0.29, 0.717) is 55.4 Å². The highest BCUT2D eigenvalue weighted by Crippen LogP contribution is 2.36. The molecule has 1 saturated heterocycles. The fraction of sp³-hybridized carbons (Fsp3) is 0.258. The van der Waals surface area contributed by atoms with Gasteiger partial charge in [-0.3, -0.25) is 14.8 Å². The van der Waals surface area contributed by atoms with Gasteiger partial charge in [0.25, 0.3) is 0 Å². The molecular weight excluding hydrogens is 569 g/mol. The van der Waals surface area contributed by atoms with Gasteiger partial charge in [0.15, 0.2) is 5.78 Å². The standard InChI is InChI=1S/C31H24F5N5O2/c32-24-4-3-18(14-27(42)19-12-20(31(34,35)36)15-21(13-19)41-8-10-43-11-9-41)28(33)23(24)16-26-22(2-1-6-37-26)29-30-25(5-7-38-30)39-17-40-29/h1-4,6-7,12-13,15,17H,5,8-11,14,16H2. The number of fused-ring (bicyclic) bond motifs is 1. The van der Waals surface area contributed by atoms with Crippen LogP contribution in [0.25, 0.3) is 11.3 Å². The molecule has 0 spiro atoms. The molecule has 220 valence electrons. The number of hydrogen-bond donors (Lipinski definition) is 0. The van der Waals surface area contributed by atoms with E-state index in [1.54, 1.807) is 23.2 Å². The number of hydrogen-bond acceptors (Lipinski definition) is 7. The third kappa shape index (κ3) is 5.87. The molecule has 12 heteroatoms. The van der Waals surface area contributed by atoms with Gasteiger partial charge in [0.2, 0.25) is 0 Å². The Bertz CT molecular complexity index is 1730. The van der Waals surface area contributed by atoms with E-state index in [0.717, 1.165) is 30.0 Å². The minimum absolute atomic E-state index is 0.142. The van der Waals surface area contributed by atoms with E-state index in [4.69, 9.17) is 4.74 Å². The van der Waals surface area contributed by atoms with E-state index < -0.39 is 35.6 Å². The first-order valence-corrected chi connectivity index (χ1v) is 13.5. The van der Waals surface area contributed by atoms with Crippen molar-refractivity contribution < 1.29 is 31.5 Å². The predicted molar refractivity (Wildman–Crippen MR) is 149 cm³/mol. The Morgan fingerprint density at radius 1 is 1.00 bits per heavy atom. The minimum atomic E-state index is -4.69.